The van der Waals surface area contributed by atoms with E-state index in [1.165, 1.54) is 10.4 Å². The minimum absolute atomic E-state index is 0.187. The highest BCUT2D eigenvalue weighted by molar-refractivity contribution is 7.89. The summed E-state index contributed by atoms with van der Waals surface area (Å²) in [5.74, 6) is -0.0544. The Hall–Kier alpha value is -3.04. The molecule has 0 radical (unpaired) electrons. The van der Waals surface area contributed by atoms with Crippen molar-refractivity contribution in [1.29, 1.82) is 0 Å². The molecule has 0 spiro atoms. The quantitative estimate of drug-likeness (QED) is 0.527. The molecule has 0 fully saturated rings. The van der Waals surface area contributed by atoms with E-state index in [0.717, 1.165) is 5.56 Å². The Morgan fingerprint density at radius 1 is 1.12 bits per heavy atom. The Morgan fingerprint density at radius 3 is 2.38 bits per heavy atom. The molecule has 0 aliphatic carbocycles. The summed E-state index contributed by atoms with van der Waals surface area (Å²) in [6.45, 7) is 6.19. The van der Waals surface area contributed by atoms with Gasteiger partial charge >= 0.3 is 0 Å². The van der Waals surface area contributed by atoms with Crippen molar-refractivity contribution in [3.05, 3.63) is 72.1 Å². The fraction of sp³-hybridized carbons (Fsp3) is 0.304. The average molecular weight is 459 g/mol. The van der Waals surface area contributed by atoms with E-state index >= 15 is 0 Å². The number of amides is 1. The number of imidazole rings is 1. The molecule has 7 nitrogen and oxygen atoms in total. The summed E-state index contributed by atoms with van der Waals surface area (Å²) in [6, 6.07) is 11.1. The van der Waals surface area contributed by atoms with Crippen molar-refractivity contribution in [3.8, 4) is 5.69 Å². The molecule has 0 saturated heterocycles. The molecule has 3 rings (SSSR count). The molecular formula is C23H27FN4O3S. The van der Waals surface area contributed by atoms with Gasteiger partial charge in [0.15, 0.2) is 0 Å². The largest absolute Gasteiger partial charge is 0.326 e. The first kappa shape index (κ1) is 23.6. The summed E-state index contributed by atoms with van der Waals surface area (Å²) in [5, 5.41) is 2.70. The van der Waals surface area contributed by atoms with Crippen LogP contribution in [0.1, 0.15) is 31.7 Å². The van der Waals surface area contributed by atoms with Crippen LogP contribution in [-0.4, -0.2) is 41.3 Å². The van der Waals surface area contributed by atoms with Gasteiger partial charge in [0.25, 0.3) is 0 Å². The number of rotatable bonds is 9. The van der Waals surface area contributed by atoms with Crippen molar-refractivity contribution in [2.24, 2.45) is 0 Å². The highest BCUT2D eigenvalue weighted by atomic mass is 32.2. The topological polar surface area (TPSA) is 84.3 Å². The van der Waals surface area contributed by atoms with Crippen molar-refractivity contribution < 1.29 is 17.6 Å². The van der Waals surface area contributed by atoms with E-state index in [9.17, 15) is 17.6 Å². The number of benzene rings is 2. The maximum absolute atomic E-state index is 14.5. The van der Waals surface area contributed by atoms with Crippen LogP contribution < -0.4 is 5.32 Å². The van der Waals surface area contributed by atoms with Gasteiger partial charge in [-0.3, -0.25) is 4.79 Å². The van der Waals surface area contributed by atoms with Gasteiger partial charge < -0.3 is 9.88 Å². The molecule has 0 unspecified atom stereocenters. The van der Waals surface area contributed by atoms with Gasteiger partial charge in [-0.25, -0.2) is 17.8 Å². The van der Waals surface area contributed by atoms with Crippen LogP contribution in [0.15, 0.2) is 59.8 Å². The maximum atomic E-state index is 14.5. The molecule has 0 aliphatic rings. The van der Waals surface area contributed by atoms with Gasteiger partial charge in [0, 0.05) is 37.6 Å². The van der Waals surface area contributed by atoms with Gasteiger partial charge in [-0.05, 0) is 49.2 Å². The second-order valence-corrected chi connectivity index (χ2v) is 9.23. The molecule has 1 N–H and O–H groups in total. The number of carbonyl (C=O) groups excluding carboxylic acids is 1. The van der Waals surface area contributed by atoms with Crippen molar-refractivity contribution in [2.75, 3.05) is 18.4 Å². The third kappa shape index (κ3) is 5.23. The number of aryl methyl sites for hydroxylation is 2. The minimum Gasteiger partial charge on any atom is -0.326 e. The van der Waals surface area contributed by atoms with Crippen LogP contribution in [0, 0.1) is 12.7 Å². The van der Waals surface area contributed by atoms with Crippen molar-refractivity contribution in [3.63, 3.8) is 0 Å². The summed E-state index contributed by atoms with van der Waals surface area (Å²) < 4.78 is 42.6. The molecule has 1 amide bonds. The van der Waals surface area contributed by atoms with Crippen LogP contribution in [0.3, 0.4) is 0 Å². The van der Waals surface area contributed by atoms with E-state index in [1.807, 2.05) is 0 Å². The summed E-state index contributed by atoms with van der Waals surface area (Å²) in [6.07, 6.45) is 3.89. The van der Waals surface area contributed by atoms with Gasteiger partial charge in [0.05, 0.1) is 10.6 Å². The smallest absolute Gasteiger partial charge is 0.243 e. The Labute approximate surface area is 188 Å². The second kappa shape index (κ2) is 10.1. The number of hydrogen-bond acceptors (Lipinski definition) is 4. The zero-order chi connectivity index (χ0) is 23.3. The summed E-state index contributed by atoms with van der Waals surface area (Å²) in [7, 11) is -3.50. The fourth-order valence-corrected chi connectivity index (χ4v) is 4.89. The number of hydrogen-bond donors (Lipinski definition) is 1. The molecule has 9 heteroatoms. The predicted octanol–water partition coefficient (Wildman–Crippen LogP) is 3.92. The zero-order valence-electron chi connectivity index (χ0n) is 18.4. The van der Waals surface area contributed by atoms with E-state index in [4.69, 9.17) is 0 Å². The SMILES string of the molecule is CCN(CC)S(=O)(=O)c1ccc(CCC(=O)Nc2ccc(-n3ccnc3C)c(F)c2)cc1. The zero-order valence-corrected chi connectivity index (χ0v) is 19.2. The first-order valence-electron chi connectivity index (χ1n) is 10.4. The lowest BCUT2D eigenvalue weighted by atomic mass is 10.1. The van der Waals surface area contributed by atoms with E-state index in [-0.39, 0.29) is 17.2 Å². The Balaban J connectivity index is 1.59. The van der Waals surface area contributed by atoms with Crippen LogP contribution in [0.25, 0.3) is 5.69 Å². The predicted molar refractivity (Wildman–Crippen MR) is 122 cm³/mol. The van der Waals surface area contributed by atoms with E-state index in [1.54, 1.807) is 74.1 Å². The van der Waals surface area contributed by atoms with E-state index in [0.29, 0.717) is 36.7 Å². The average Bonchev–Trinajstić information content (AvgIpc) is 3.19. The third-order valence-electron chi connectivity index (χ3n) is 5.22. The Morgan fingerprint density at radius 2 is 1.81 bits per heavy atom. The van der Waals surface area contributed by atoms with Crippen LogP contribution in [0.4, 0.5) is 10.1 Å². The minimum atomic E-state index is -3.50. The van der Waals surface area contributed by atoms with Crippen LogP contribution in [0.5, 0.6) is 0 Å². The monoisotopic (exact) mass is 458 g/mol. The van der Waals surface area contributed by atoms with Gasteiger partial charge in [0.2, 0.25) is 15.9 Å². The number of carbonyl (C=O) groups is 1. The molecule has 0 saturated carbocycles. The standard InChI is InChI=1S/C23H27FN4O3S/c1-4-27(5-2)32(30,31)20-10-6-18(7-11-20)8-13-23(29)26-19-9-12-22(21(24)16-19)28-15-14-25-17(28)3/h6-7,9-12,14-16H,4-5,8,13H2,1-3H3,(H,26,29). The van der Waals surface area contributed by atoms with E-state index in [2.05, 4.69) is 10.3 Å². The Kier molecular flexibility index (Phi) is 7.42. The summed E-state index contributed by atoms with van der Waals surface area (Å²) in [5.41, 5.74) is 1.57. The number of nitrogens with one attached hydrogen (secondary N) is 1. The summed E-state index contributed by atoms with van der Waals surface area (Å²) >= 11 is 0. The van der Waals surface area contributed by atoms with Gasteiger partial charge in [-0.15, -0.1) is 0 Å². The number of aromatic nitrogens is 2. The van der Waals surface area contributed by atoms with Crippen molar-refractivity contribution in [1.82, 2.24) is 13.9 Å². The molecule has 0 atom stereocenters. The van der Waals surface area contributed by atoms with Gasteiger partial charge in [-0.1, -0.05) is 26.0 Å². The molecule has 32 heavy (non-hydrogen) atoms. The molecule has 170 valence electrons. The molecule has 0 aliphatic heterocycles. The Bertz CT molecular complexity index is 1190. The van der Waals surface area contributed by atoms with Crippen LogP contribution >= 0.6 is 0 Å². The molecule has 0 bridgehead atoms. The van der Waals surface area contributed by atoms with Gasteiger partial charge in [0.1, 0.15) is 11.6 Å². The maximum Gasteiger partial charge on any atom is 0.243 e. The summed E-state index contributed by atoms with van der Waals surface area (Å²) in [4.78, 5) is 16.6. The number of halogens is 1. The van der Waals surface area contributed by atoms with Crippen LogP contribution in [-0.2, 0) is 21.2 Å². The lowest BCUT2D eigenvalue weighted by Gasteiger charge is -2.18. The number of anilines is 1. The fourth-order valence-electron chi connectivity index (χ4n) is 3.43. The first-order valence-corrected chi connectivity index (χ1v) is 11.9. The number of nitrogens with zero attached hydrogens (tertiary/aromatic N) is 3. The molecule has 1 heterocycles. The van der Waals surface area contributed by atoms with Gasteiger partial charge in [-0.2, -0.15) is 4.31 Å². The lowest BCUT2D eigenvalue weighted by molar-refractivity contribution is -0.116. The molecule has 3 aromatic rings. The lowest BCUT2D eigenvalue weighted by Crippen LogP contribution is -2.30. The first-order chi connectivity index (χ1) is 15.3. The van der Waals surface area contributed by atoms with Crippen LogP contribution in [0.2, 0.25) is 0 Å². The highest BCUT2D eigenvalue weighted by Gasteiger charge is 2.21. The van der Waals surface area contributed by atoms with Crippen molar-refractivity contribution in [2.45, 2.75) is 38.5 Å². The molecular weight excluding hydrogens is 431 g/mol. The van der Waals surface area contributed by atoms with E-state index < -0.39 is 15.8 Å². The normalized spacial score (nSPS) is 11.7. The number of sulfonamides is 1. The molecule has 2 aromatic carbocycles. The highest BCUT2D eigenvalue weighted by Crippen LogP contribution is 2.20. The second-order valence-electron chi connectivity index (χ2n) is 7.29. The molecule has 1 aromatic heterocycles. The van der Waals surface area contributed by atoms with Crippen molar-refractivity contribution >= 4 is 21.6 Å². The third-order valence-corrected chi connectivity index (χ3v) is 7.29.